The molecule has 1 N–H and O–H groups in total. The van der Waals surface area contributed by atoms with E-state index in [9.17, 15) is 22.8 Å². The molecule has 0 atom stereocenters. The van der Waals surface area contributed by atoms with Gasteiger partial charge in [-0.3, -0.25) is 4.79 Å². The maximum Gasteiger partial charge on any atom is 0.417 e. The van der Waals surface area contributed by atoms with Crippen LogP contribution >= 0.6 is 11.6 Å². The van der Waals surface area contributed by atoms with Crippen molar-refractivity contribution in [2.24, 2.45) is 0 Å². The predicted octanol–water partition coefficient (Wildman–Crippen LogP) is 4.46. The lowest BCUT2D eigenvalue weighted by Crippen LogP contribution is -2.22. The van der Waals surface area contributed by atoms with Crippen molar-refractivity contribution in [2.45, 2.75) is 13.1 Å². The number of carbonyl (C=O) groups is 2. The molecule has 2 rings (SSSR count). The number of alkyl halides is 3. The molecule has 0 aliphatic carbocycles. The third-order valence-corrected chi connectivity index (χ3v) is 3.50. The Bertz CT molecular complexity index is 806. The number of amides is 1. The Kier molecular flexibility index (Phi) is 5.69. The van der Waals surface area contributed by atoms with Crippen molar-refractivity contribution in [2.75, 3.05) is 11.9 Å². The monoisotopic (exact) mass is 371 g/mol. The van der Waals surface area contributed by atoms with Gasteiger partial charge in [-0.2, -0.15) is 13.2 Å². The average molecular weight is 372 g/mol. The molecule has 0 aliphatic rings. The van der Waals surface area contributed by atoms with E-state index >= 15 is 0 Å². The Balaban J connectivity index is 2.03. The minimum Gasteiger partial charge on any atom is -0.452 e. The number of nitrogens with one attached hydrogen (secondary N) is 1. The number of ether oxygens (including phenoxy) is 1. The van der Waals surface area contributed by atoms with Crippen molar-refractivity contribution in [3.05, 3.63) is 64.2 Å². The molecular weight excluding hydrogens is 359 g/mol. The van der Waals surface area contributed by atoms with Crippen LogP contribution in [0.5, 0.6) is 0 Å². The number of benzene rings is 2. The van der Waals surface area contributed by atoms with Gasteiger partial charge in [0.2, 0.25) is 0 Å². The summed E-state index contributed by atoms with van der Waals surface area (Å²) in [5.74, 6) is -1.92. The van der Waals surface area contributed by atoms with E-state index in [1.807, 2.05) is 0 Å². The van der Waals surface area contributed by atoms with Gasteiger partial charge in [-0.25, -0.2) is 4.79 Å². The minimum atomic E-state index is -4.70. The summed E-state index contributed by atoms with van der Waals surface area (Å²) in [5, 5.41) is 2.88. The first-order valence-electron chi connectivity index (χ1n) is 7.08. The van der Waals surface area contributed by atoms with Crippen LogP contribution in [0.4, 0.5) is 18.9 Å². The van der Waals surface area contributed by atoms with Crippen molar-refractivity contribution in [3.63, 3.8) is 0 Å². The van der Waals surface area contributed by atoms with Crippen LogP contribution in [0.15, 0.2) is 42.5 Å². The Labute approximate surface area is 146 Å². The molecule has 0 fully saturated rings. The SMILES string of the molecule is Cc1ccc(Cl)cc1NC(=O)COC(=O)c1ccccc1C(F)(F)F. The topological polar surface area (TPSA) is 55.4 Å². The van der Waals surface area contributed by atoms with Crippen molar-refractivity contribution in [1.82, 2.24) is 0 Å². The number of rotatable bonds is 4. The number of carbonyl (C=O) groups excluding carboxylic acids is 2. The number of esters is 1. The van der Waals surface area contributed by atoms with Gasteiger partial charge in [0.25, 0.3) is 5.91 Å². The van der Waals surface area contributed by atoms with Crippen LogP contribution in [-0.2, 0) is 15.7 Å². The van der Waals surface area contributed by atoms with E-state index < -0.39 is 35.8 Å². The van der Waals surface area contributed by atoms with Gasteiger partial charge in [-0.15, -0.1) is 0 Å². The molecule has 0 spiro atoms. The fourth-order valence-electron chi connectivity index (χ4n) is 2.03. The van der Waals surface area contributed by atoms with Gasteiger partial charge in [0.05, 0.1) is 11.1 Å². The quantitative estimate of drug-likeness (QED) is 0.807. The Morgan fingerprint density at radius 3 is 2.52 bits per heavy atom. The van der Waals surface area contributed by atoms with E-state index in [2.05, 4.69) is 10.1 Å². The highest BCUT2D eigenvalue weighted by Crippen LogP contribution is 2.32. The molecule has 2 aromatic carbocycles. The second-order valence-electron chi connectivity index (χ2n) is 5.13. The second kappa shape index (κ2) is 7.57. The van der Waals surface area contributed by atoms with Crippen LogP contribution in [-0.4, -0.2) is 18.5 Å². The summed E-state index contributed by atoms with van der Waals surface area (Å²) >= 11 is 5.82. The first-order chi connectivity index (χ1) is 11.7. The Morgan fingerprint density at radius 1 is 1.16 bits per heavy atom. The fourth-order valence-corrected chi connectivity index (χ4v) is 2.20. The number of hydrogen-bond acceptors (Lipinski definition) is 3. The van der Waals surface area contributed by atoms with Crippen LogP contribution in [0.2, 0.25) is 5.02 Å². The third-order valence-electron chi connectivity index (χ3n) is 3.26. The zero-order chi connectivity index (χ0) is 18.6. The standard InChI is InChI=1S/C17H13ClF3NO3/c1-10-6-7-11(18)8-14(10)22-15(23)9-25-16(24)12-4-2-3-5-13(12)17(19,20)21/h2-8H,9H2,1H3,(H,22,23). The average Bonchev–Trinajstić information content (AvgIpc) is 2.55. The fraction of sp³-hybridized carbons (Fsp3) is 0.176. The molecule has 0 aromatic heterocycles. The lowest BCUT2D eigenvalue weighted by molar-refractivity contribution is -0.138. The first kappa shape index (κ1) is 18.8. The largest absolute Gasteiger partial charge is 0.452 e. The van der Waals surface area contributed by atoms with Crippen LogP contribution < -0.4 is 5.32 Å². The normalized spacial score (nSPS) is 11.1. The molecule has 2 aromatic rings. The van der Waals surface area contributed by atoms with Crippen LogP contribution in [0, 0.1) is 6.92 Å². The van der Waals surface area contributed by atoms with Crippen LogP contribution in [0.1, 0.15) is 21.5 Å². The number of anilines is 1. The molecule has 0 radical (unpaired) electrons. The third kappa shape index (κ3) is 4.96. The molecule has 8 heteroatoms. The van der Waals surface area contributed by atoms with Crippen molar-refractivity contribution < 1.29 is 27.5 Å². The molecule has 0 unspecified atom stereocenters. The zero-order valence-electron chi connectivity index (χ0n) is 13.0. The molecule has 0 aliphatic heterocycles. The summed E-state index contributed by atoms with van der Waals surface area (Å²) in [4.78, 5) is 23.7. The summed E-state index contributed by atoms with van der Waals surface area (Å²) in [5.41, 5.74) is -0.622. The van der Waals surface area contributed by atoms with Crippen molar-refractivity contribution in [1.29, 1.82) is 0 Å². The summed E-state index contributed by atoms with van der Waals surface area (Å²) in [6.07, 6.45) is -4.70. The first-order valence-corrected chi connectivity index (χ1v) is 7.45. The number of hydrogen-bond donors (Lipinski definition) is 1. The lowest BCUT2D eigenvalue weighted by Gasteiger charge is -2.12. The summed E-state index contributed by atoms with van der Waals surface area (Å²) in [6, 6.07) is 9.03. The molecular formula is C17H13ClF3NO3. The van der Waals surface area contributed by atoms with Gasteiger partial charge < -0.3 is 10.1 Å². The number of aryl methyl sites for hydroxylation is 1. The van der Waals surface area contributed by atoms with Crippen molar-refractivity contribution in [3.8, 4) is 0 Å². The van der Waals surface area contributed by atoms with Gasteiger partial charge in [0, 0.05) is 10.7 Å². The van der Waals surface area contributed by atoms with Gasteiger partial charge in [-0.1, -0.05) is 29.8 Å². The highest BCUT2D eigenvalue weighted by molar-refractivity contribution is 6.31. The summed E-state index contributed by atoms with van der Waals surface area (Å²) in [6.45, 7) is 1.01. The second-order valence-corrected chi connectivity index (χ2v) is 5.56. The van der Waals surface area contributed by atoms with E-state index in [4.69, 9.17) is 11.6 Å². The van der Waals surface area contributed by atoms with E-state index in [1.165, 1.54) is 12.1 Å². The molecule has 0 bridgehead atoms. The van der Waals surface area contributed by atoms with Crippen LogP contribution in [0.3, 0.4) is 0 Å². The molecule has 1 amide bonds. The molecule has 4 nitrogen and oxygen atoms in total. The van der Waals surface area contributed by atoms with Crippen molar-refractivity contribution >= 4 is 29.2 Å². The molecule has 0 saturated heterocycles. The smallest absolute Gasteiger partial charge is 0.417 e. The molecule has 0 heterocycles. The maximum absolute atomic E-state index is 12.9. The highest BCUT2D eigenvalue weighted by Gasteiger charge is 2.35. The van der Waals surface area contributed by atoms with E-state index in [1.54, 1.807) is 19.1 Å². The molecule has 0 saturated carbocycles. The maximum atomic E-state index is 12.9. The van der Waals surface area contributed by atoms with Gasteiger partial charge in [0.1, 0.15) is 0 Å². The summed E-state index contributed by atoms with van der Waals surface area (Å²) < 4.78 is 43.3. The zero-order valence-corrected chi connectivity index (χ0v) is 13.7. The van der Waals surface area contributed by atoms with E-state index in [0.717, 1.165) is 23.8 Å². The Hall–Kier alpha value is -2.54. The predicted molar refractivity (Wildman–Crippen MR) is 86.5 cm³/mol. The molecule has 132 valence electrons. The van der Waals surface area contributed by atoms with Gasteiger partial charge in [0.15, 0.2) is 6.61 Å². The lowest BCUT2D eigenvalue weighted by atomic mass is 10.1. The highest BCUT2D eigenvalue weighted by atomic mass is 35.5. The minimum absolute atomic E-state index is 0.400. The van der Waals surface area contributed by atoms with Gasteiger partial charge >= 0.3 is 12.1 Å². The molecule has 25 heavy (non-hydrogen) atoms. The number of halogens is 4. The van der Waals surface area contributed by atoms with E-state index in [0.29, 0.717) is 10.7 Å². The Morgan fingerprint density at radius 2 is 1.84 bits per heavy atom. The van der Waals surface area contributed by atoms with Gasteiger partial charge in [-0.05, 0) is 36.8 Å². The summed E-state index contributed by atoms with van der Waals surface area (Å²) in [7, 11) is 0. The van der Waals surface area contributed by atoms with E-state index in [-0.39, 0.29) is 0 Å². The van der Waals surface area contributed by atoms with Crippen LogP contribution in [0.25, 0.3) is 0 Å².